The molecule has 0 spiro atoms. The lowest BCUT2D eigenvalue weighted by molar-refractivity contribution is 0.0943. The summed E-state index contributed by atoms with van der Waals surface area (Å²) in [6, 6.07) is 9.23. The van der Waals surface area contributed by atoms with Gasteiger partial charge in [-0.3, -0.25) is 4.79 Å². The van der Waals surface area contributed by atoms with Crippen molar-refractivity contribution < 1.29 is 13.6 Å². The van der Waals surface area contributed by atoms with E-state index in [1.807, 2.05) is 0 Å². The van der Waals surface area contributed by atoms with Gasteiger partial charge in [-0.05, 0) is 36.4 Å². The molecule has 21 heavy (non-hydrogen) atoms. The van der Waals surface area contributed by atoms with Crippen LogP contribution >= 0.6 is 0 Å². The number of hydrogen-bond donors (Lipinski definition) is 1. The van der Waals surface area contributed by atoms with E-state index in [0.29, 0.717) is 11.4 Å². The second kappa shape index (κ2) is 5.58. The molecule has 1 amide bonds. The molecule has 0 aliphatic heterocycles. The lowest BCUT2D eigenvalue weighted by Gasteiger charge is -2.00. The first-order valence-corrected chi connectivity index (χ1v) is 6.21. The number of amides is 1. The highest BCUT2D eigenvalue weighted by Crippen LogP contribution is 2.08. The van der Waals surface area contributed by atoms with E-state index >= 15 is 0 Å². The number of carbonyl (C=O) groups is 1. The van der Waals surface area contributed by atoms with Crippen molar-refractivity contribution in [2.45, 2.75) is 6.54 Å². The van der Waals surface area contributed by atoms with Crippen LogP contribution in [0.3, 0.4) is 0 Å². The monoisotopic (exact) mass is 286 g/mol. The maximum Gasteiger partial charge on any atom is 0.273 e. The lowest BCUT2D eigenvalue weighted by Crippen LogP contribution is -2.22. The summed E-state index contributed by atoms with van der Waals surface area (Å²) >= 11 is 0. The minimum atomic E-state index is -0.361. The van der Waals surface area contributed by atoms with Gasteiger partial charge in [-0.2, -0.15) is 0 Å². The molecule has 0 aliphatic carbocycles. The van der Waals surface area contributed by atoms with Gasteiger partial charge in [-0.15, -0.1) is 5.10 Å². The van der Waals surface area contributed by atoms with E-state index in [2.05, 4.69) is 15.6 Å². The lowest BCUT2D eigenvalue weighted by atomic mass is 10.3. The summed E-state index contributed by atoms with van der Waals surface area (Å²) in [6.07, 6.45) is 3.01. The molecule has 7 heteroatoms. The molecule has 2 aromatic heterocycles. The molecule has 0 atom stereocenters. The van der Waals surface area contributed by atoms with E-state index in [1.165, 1.54) is 29.3 Å². The molecule has 3 rings (SSSR count). The number of rotatable bonds is 4. The predicted octanol–water partition coefficient (Wildman–Crippen LogP) is 1.93. The Morgan fingerprint density at radius 2 is 2.10 bits per heavy atom. The quantitative estimate of drug-likeness (QED) is 0.795. The summed E-state index contributed by atoms with van der Waals surface area (Å²) in [6.45, 7) is 0.273. The molecule has 106 valence electrons. The molecule has 0 bridgehead atoms. The Morgan fingerprint density at radius 1 is 1.29 bits per heavy atom. The van der Waals surface area contributed by atoms with E-state index < -0.39 is 0 Å². The predicted molar refractivity (Wildman–Crippen MR) is 71.2 cm³/mol. The number of nitrogens with zero attached hydrogens (tertiary/aromatic N) is 3. The summed E-state index contributed by atoms with van der Waals surface area (Å²) in [5.41, 5.74) is 0.792. The van der Waals surface area contributed by atoms with E-state index in [9.17, 15) is 9.18 Å². The molecular formula is C14H11FN4O2. The number of aromatic nitrogens is 3. The minimum absolute atomic E-state index is 0.172. The largest absolute Gasteiger partial charge is 0.467 e. The van der Waals surface area contributed by atoms with Crippen LogP contribution in [0.1, 0.15) is 16.2 Å². The van der Waals surface area contributed by atoms with Gasteiger partial charge >= 0.3 is 0 Å². The zero-order chi connectivity index (χ0) is 14.7. The summed E-state index contributed by atoms with van der Waals surface area (Å²) in [5, 5.41) is 10.3. The van der Waals surface area contributed by atoms with Gasteiger partial charge in [0.1, 0.15) is 11.6 Å². The molecule has 2 heterocycles. The fraction of sp³-hybridized carbons (Fsp3) is 0.0714. The molecule has 0 saturated heterocycles. The molecule has 0 fully saturated rings. The van der Waals surface area contributed by atoms with Crippen LogP contribution in [-0.2, 0) is 6.54 Å². The van der Waals surface area contributed by atoms with Crippen LogP contribution in [0, 0.1) is 5.82 Å². The zero-order valence-corrected chi connectivity index (χ0v) is 10.9. The highest BCUT2D eigenvalue weighted by molar-refractivity contribution is 5.91. The summed E-state index contributed by atoms with van der Waals surface area (Å²) < 4.78 is 19.4. The van der Waals surface area contributed by atoms with Gasteiger partial charge in [0, 0.05) is 0 Å². The molecule has 1 aromatic carbocycles. The van der Waals surface area contributed by atoms with Gasteiger partial charge in [0.15, 0.2) is 5.69 Å². The Hall–Kier alpha value is -2.96. The van der Waals surface area contributed by atoms with Crippen molar-refractivity contribution in [3.63, 3.8) is 0 Å². The Morgan fingerprint density at radius 3 is 2.81 bits per heavy atom. The third kappa shape index (κ3) is 2.97. The average molecular weight is 286 g/mol. The van der Waals surface area contributed by atoms with E-state index in [0.717, 1.165) is 0 Å². The number of benzene rings is 1. The maximum absolute atomic E-state index is 12.9. The first-order valence-electron chi connectivity index (χ1n) is 6.21. The summed E-state index contributed by atoms with van der Waals surface area (Å²) in [4.78, 5) is 11.9. The maximum atomic E-state index is 12.9. The van der Waals surface area contributed by atoms with Crippen molar-refractivity contribution in [1.82, 2.24) is 20.3 Å². The van der Waals surface area contributed by atoms with Crippen LogP contribution < -0.4 is 5.32 Å². The van der Waals surface area contributed by atoms with Gasteiger partial charge < -0.3 is 9.73 Å². The number of carbonyl (C=O) groups excluding carboxylic acids is 1. The van der Waals surface area contributed by atoms with Gasteiger partial charge in [0.25, 0.3) is 5.91 Å². The third-order valence-electron chi connectivity index (χ3n) is 2.82. The van der Waals surface area contributed by atoms with Crippen molar-refractivity contribution in [3.8, 4) is 5.69 Å². The first kappa shape index (κ1) is 13.0. The van der Waals surface area contributed by atoms with Crippen LogP contribution in [0.5, 0.6) is 0 Å². The van der Waals surface area contributed by atoms with Crippen LogP contribution in [0.4, 0.5) is 4.39 Å². The number of hydrogen-bond acceptors (Lipinski definition) is 4. The molecule has 0 unspecified atom stereocenters. The number of furan rings is 1. The van der Waals surface area contributed by atoms with Gasteiger partial charge in [0.05, 0.1) is 24.7 Å². The second-order valence-corrected chi connectivity index (χ2v) is 4.29. The van der Waals surface area contributed by atoms with Crippen molar-refractivity contribution >= 4 is 5.91 Å². The van der Waals surface area contributed by atoms with Gasteiger partial charge in [-0.25, -0.2) is 9.07 Å². The van der Waals surface area contributed by atoms with Crippen molar-refractivity contribution in [2.75, 3.05) is 0 Å². The Bertz CT molecular complexity index is 735. The number of halogens is 1. The highest BCUT2D eigenvalue weighted by Gasteiger charge is 2.11. The van der Waals surface area contributed by atoms with Gasteiger partial charge in [-0.1, -0.05) is 5.21 Å². The Balaban J connectivity index is 1.69. The molecule has 3 aromatic rings. The van der Waals surface area contributed by atoms with Crippen molar-refractivity contribution in [3.05, 3.63) is 66.1 Å². The SMILES string of the molecule is O=C(NCc1ccco1)c1cn(-c2ccc(F)cc2)nn1. The summed E-state index contributed by atoms with van der Waals surface area (Å²) in [5.74, 6) is -0.0516. The molecule has 0 radical (unpaired) electrons. The highest BCUT2D eigenvalue weighted by atomic mass is 19.1. The van der Waals surface area contributed by atoms with E-state index in [1.54, 1.807) is 24.3 Å². The standard InChI is InChI=1S/C14H11FN4O2/c15-10-3-5-11(6-4-10)19-9-13(17-18-19)14(20)16-8-12-2-1-7-21-12/h1-7,9H,8H2,(H,16,20). The van der Waals surface area contributed by atoms with Crippen molar-refractivity contribution in [1.29, 1.82) is 0 Å². The Kier molecular flexibility index (Phi) is 3.46. The molecule has 1 N–H and O–H groups in total. The molecular weight excluding hydrogens is 275 g/mol. The van der Waals surface area contributed by atoms with Gasteiger partial charge in [0.2, 0.25) is 0 Å². The van der Waals surface area contributed by atoms with E-state index in [4.69, 9.17) is 4.42 Å². The Labute approximate surface area is 119 Å². The van der Waals surface area contributed by atoms with Crippen LogP contribution in [-0.4, -0.2) is 20.9 Å². The molecule has 0 aliphatic rings. The second-order valence-electron chi connectivity index (χ2n) is 4.29. The first-order chi connectivity index (χ1) is 10.2. The smallest absolute Gasteiger partial charge is 0.273 e. The van der Waals surface area contributed by atoms with E-state index in [-0.39, 0.29) is 24.0 Å². The fourth-order valence-corrected chi connectivity index (χ4v) is 1.76. The summed E-state index contributed by atoms with van der Waals surface area (Å²) in [7, 11) is 0. The fourth-order valence-electron chi connectivity index (χ4n) is 1.76. The molecule has 0 saturated carbocycles. The normalized spacial score (nSPS) is 10.5. The van der Waals surface area contributed by atoms with Crippen molar-refractivity contribution in [2.24, 2.45) is 0 Å². The third-order valence-corrected chi connectivity index (χ3v) is 2.82. The van der Waals surface area contributed by atoms with Crippen LogP contribution in [0.25, 0.3) is 5.69 Å². The number of nitrogens with one attached hydrogen (secondary N) is 1. The molecule has 6 nitrogen and oxygen atoms in total. The minimum Gasteiger partial charge on any atom is -0.467 e. The zero-order valence-electron chi connectivity index (χ0n) is 10.9. The van der Waals surface area contributed by atoms with Crippen LogP contribution in [0.15, 0.2) is 53.3 Å². The van der Waals surface area contributed by atoms with Crippen LogP contribution in [0.2, 0.25) is 0 Å². The topological polar surface area (TPSA) is 73.0 Å². The average Bonchev–Trinajstić information content (AvgIpc) is 3.17.